The van der Waals surface area contributed by atoms with Gasteiger partial charge >= 0.3 is 5.97 Å². The Morgan fingerprint density at radius 2 is 1.82 bits per heavy atom. The number of halogens is 3. The predicted octanol–water partition coefficient (Wildman–Crippen LogP) is 3.41. The molecule has 1 fully saturated rings. The zero-order chi connectivity index (χ0) is 13.0. The van der Waals surface area contributed by atoms with Crippen LogP contribution in [0.5, 0.6) is 0 Å². The number of carboxylic acid groups (broad SMARTS) is 1. The first-order valence-corrected chi connectivity index (χ1v) is 5.89. The normalized spacial score (nSPS) is 25.7. The van der Waals surface area contributed by atoms with Crippen LogP contribution in [0.1, 0.15) is 22.6 Å². The number of hydrogen-bond donors (Lipinski definition) is 1. The van der Waals surface area contributed by atoms with E-state index in [1.54, 1.807) is 26.0 Å². The summed E-state index contributed by atoms with van der Waals surface area (Å²) in [5, 5.41) is 8.97. The number of rotatable bonds is 2. The fourth-order valence-corrected chi connectivity index (χ4v) is 3.02. The summed E-state index contributed by atoms with van der Waals surface area (Å²) in [4.78, 5) is 11.0. The first-order valence-electron chi connectivity index (χ1n) is 5.14. The molecule has 0 heterocycles. The van der Waals surface area contributed by atoms with Crippen LogP contribution in [0.25, 0.3) is 0 Å². The molecular weight excluding hydrogens is 266 g/mol. The van der Waals surface area contributed by atoms with Crippen molar-refractivity contribution >= 4 is 29.2 Å². The van der Waals surface area contributed by atoms with Crippen LogP contribution in [0.3, 0.4) is 0 Å². The highest BCUT2D eigenvalue weighted by Crippen LogP contribution is 2.65. The molecule has 1 saturated carbocycles. The summed E-state index contributed by atoms with van der Waals surface area (Å²) >= 11 is 11.9. The molecule has 5 heteroatoms. The molecule has 92 valence electrons. The van der Waals surface area contributed by atoms with Gasteiger partial charge in [0.15, 0.2) is 0 Å². The number of carbonyl (C=O) groups is 1. The van der Waals surface area contributed by atoms with E-state index in [0.29, 0.717) is 16.7 Å². The van der Waals surface area contributed by atoms with Gasteiger partial charge in [-0.2, -0.15) is 0 Å². The highest BCUT2D eigenvalue weighted by atomic mass is 35.5. The van der Waals surface area contributed by atoms with Crippen LogP contribution in [0, 0.1) is 25.6 Å². The smallest absolute Gasteiger partial charge is 0.310 e. The van der Waals surface area contributed by atoms with Crippen molar-refractivity contribution in [2.45, 2.75) is 24.1 Å². The zero-order valence-corrected chi connectivity index (χ0v) is 10.8. The SMILES string of the molecule is Cc1cc(C2C(C(=O)O)C2(Cl)Cl)cc(C)c1F. The number of alkyl halides is 2. The maximum absolute atomic E-state index is 13.5. The standard InChI is InChI=1S/C12H11Cl2FO2/c1-5-3-7(4-6(2)10(5)15)8-9(11(16)17)12(8,13)14/h3-4,8-9H,1-2H3,(H,16,17). The predicted molar refractivity (Wildman–Crippen MR) is 64.2 cm³/mol. The molecule has 2 nitrogen and oxygen atoms in total. The molecule has 0 bridgehead atoms. The second-order valence-corrected chi connectivity index (χ2v) is 5.88. The minimum atomic E-state index is -1.29. The van der Waals surface area contributed by atoms with Gasteiger partial charge in [-0.3, -0.25) is 4.79 Å². The van der Waals surface area contributed by atoms with Crippen LogP contribution in [-0.2, 0) is 4.79 Å². The second-order valence-electron chi connectivity index (χ2n) is 4.44. The summed E-state index contributed by atoms with van der Waals surface area (Å²) < 4.78 is 12.2. The fraction of sp³-hybridized carbons (Fsp3) is 0.417. The van der Waals surface area contributed by atoms with Crippen molar-refractivity contribution in [1.29, 1.82) is 0 Å². The molecule has 0 aliphatic heterocycles. The van der Waals surface area contributed by atoms with E-state index in [9.17, 15) is 9.18 Å². The quantitative estimate of drug-likeness (QED) is 0.841. The Kier molecular flexibility index (Phi) is 2.87. The fourth-order valence-electron chi connectivity index (χ4n) is 2.21. The number of aliphatic carboxylic acids is 1. The topological polar surface area (TPSA) is 37.3 Å². The minimum absolute atomic E-state index is 0.281. The molecule has 1 aromatic carbocycles. The lowest BCUT2D eigenvalue weighted by atomic mass is 10.0. The van der Waals surface area contributed by atoms with E-state index in [4.69, 9.17) is 28.3 Å². The summed E-state index contributed by atoms with van der Waals surface area (Å²) in [6.45, 7) is 3.27. The molecule has 2 atom stereocenters. The molecule has 0 aromatic heterocycles. The van der Waals surface area contributed by atoms with E-state index >= 15 is 0 Å². The maximum atomic E-state index is 13.5. The number of benzene rings is 1. The van der Waals surface area contributed by atoms with E-state index in [2.05, 4.69) is 0 Å². The van der Waals surface area contributed by atoms with E-state index in [1.165, 1.54) is 0 Å². The van der Waals surface area contributed by atoms with Gasteiger partial charge in [0.2, 0.25) is 0 Å². The van der Waals surface area contributed by atoms with Gasteiger partial charge in [-0.25, -0.2) is 4.39 Å². The molecule has 0 radical (unpaired) electrons. The number of aryl methyl sites for hydroxylation is 2. The number of hydrogen-bond acceptors (Lipinski definition) is 1. The van der Waals surface area contributed by atoms with Gasteiger partial charge in [0.1, 0.15) is 10.2 Å². The van der Waals surface area contributed by atoms with Gasteiger partial charge in [0, 0.05) is 5.92 Å². The lowest BCUT2D eigenvalue weighted by Gasteiger charge is -2.06. The monoisotopic (exact) mass is 276 g/mol. The molecule has 2 unspecified atom stereocenters. The van der Waals surface area contributed by atoms with Gasteiger partial charge in [0.25, 0.3) is 0 Å². The highest BCUT2D eigenvalue weighted by Gasteiger charge is 2.68. The highest BCUT2D eigenvalue weighted by molar-refractivity contribution is 6.53. The van der Waals surface area contributed by atoms with E-state index in [-0.39, 0.29) is 5.82 Å². The molecule has 1 aliphatic rings. The van der Waals surface area contributed by atoms with Crippen molar-refractivity contribution < 1.29 is 14.3 Å². The molecule has 17 heavy (non-hydrogen) atoms. The van der Waals surface area contributed by atoms with Crippen LogP contribution in [0.4, 0.5) is 4.39 Å². The van der Waals surface area contributed by atoms with Crippen LogP contribution < -0.4 is 0 Å². The van der Waals surface area contributed by atoms with Crippen molar-refractivity contribution in [3.8, 4) is 0 Å². The Morgan fingerprint density at radius 3 is 2.18 bits per heavy atom. The van der Waals surface area contributed by atoms with Crippen molar-refractivity contribution in [3.63, 3.8) is 0 Å². The van der Waals surface area contributed by atoms with Crippen molar-refractivity contribution in [2.24, 2.45) is 5.92 Å². The number of carboxylic acids is 1. The average Bonchev–Trinajstić information content (AvgIpc) is 2.77. The largest absolute Gasteiger partial charge is 0.481 e. The molecule has 0 saturated heterocycles. The van der Waals surface area contributed by atoms with E-state index in [0.717, 1.165) is 0 Å². The van der Waals surface area contributed by atoms with Crippen LogP contribution in [-0.4, -0.2) is 15.4 Å². The second kappa shape index (κ2) is 3.85. The molecule has 1 aromatic rings. The molecular formula is C12H11Cl2FO2. The summed E-state index contributed by atoms with van der Waals surface area (Å²) in [5.74, 6) is -2.60. The molecule has 1 aliphatic carbocycles. The lowest BCUT2D eigenvalue weighted by Crippen LogP contribution is -2.03. The van der Waals surface area contributed by atoms with Gasteiger partial charge in [-0.15, -0.1) is 0 Å². The van der Waals surface area contributed by atoms with E-state index in [1.807, 2.05) is 0 Å². The Balaban J connectivity index is 2.41. The summed E-state index contributed by atoms with van der Waals surface area (Å²) in [6.07, 6.45) is 0. The van der Waals surface area contributed by atoms with Crippen LogP contribution in [0.2, 0.25) is 0 Å². The maximum Gasteiger partial charge on any atom is 0.310 e. The zero-order valence-electron chi connectivity index (χ0n) is 9.30. The van der Waals surface area contributed by atoms with Crippen molar-refractivity contribution in [3.05, 3.63) is 34.6 Å². The molecule has 0 spiro atoms. The summed E-state index contributed by atoms with van der Waals surface area (Å²) in [5.41, 5.74) is 1.62. The molecule has 2 rings (SSSR count). The lowest BCUT2D eigenvalue weighted by molar-refractivity contribution is -0.138. The Morgan fingerprint density at radius 1 is 1.35 bits per heavy atom. The average molecular weight is 277 g/mol. The van der Waals surface area contributed by atoms with Crippen LogP contribution >= 0.6 is 23.2 Å². The van der Waals surface area contributed by atoms with Crippen molar-refractivity contribution in [2.75, 3.05) is 0 Å². The molecule has 1 N–H and O–H groups in total. The van der Waals surface area contributed by atoms with Crippen molar-refractivity contribution in [1.82, 2.24) is 0 Å². The Bertz CT molecular complexity index is 476. The Labute approximate surface area is 108 Å². The van der Waals surface area contributed by atoms with Gasteiger partial charge < -0.3 is 5.11 Å². The first-order chi connectivity index (χ1) is 7.76. The van der Waals surface area contributed by atoms with E-state index < -0.39 is 22.1 Å². The van der Waals surface area contributed by atoms with Gasteiger partial charge in [-0.05, 0) is 30.5 Å². The van der Waals surface area contributed by atoms with Gasteiger partial charge in [0.05, 0.1) is 5.92 Å². The summed E-state index contributed by atoms with van der Waals surface area (Å²) in [6, 6.07) is 3.21. The first kappa shape index (κ1) is 12.7. The minimum Gasteiger partial charge on any atom is -0.481 e. The Hall–Kier alpha value is -0.800. The third kappa shape index (κ3) is 1.91. The third-order valence-corrected chi connectivity index (χ3v) is 4.08. The van der Waals surface area contributed by atoms with Crippen LogP contribution in [0.15, 0.2) is 12.1 Å². The summed E-state index contributed by atoms with van der Waals surface area (Å²) in [7, 11) is 0. The third-order valence-electron chi connectivity index (χ3n) is 3.14. The van der Waals surface area contributed by atoms with Gasteiger partial charge in [-0.1, -0.05) is 35.3 Å². The molecule has 0 amide bonds.